The number of halogens is 2. The lowest BCUT2D eigenvalue weighted by atomic mass is 10.2. The van der Waals surface area contributed by atoms with E-state index in [-0.39, 0.29) is 0 Å². The van der Waals surface area contributed by atoms with Crippen molar-refractivity contribution in [1.82, 2.24) is 0 Å². The molecule has 0 aromatic heterocycles. The number of aryl methyl sites for hydroxylation is 1. The van der Waals surface area contributed by atoms with Gasteiger partial charge in [0, 0.05) is 11.4 Å². The zero-order valence-corrected chi connectivity index (χ0v) is 9.30. The molecule has 2 aromatic rings. The zero-order chi connectivity index (χ0) is 12.4. The van der Waals surface area contributed by atoms with Crippen molar-refractivity contribution in [3.63, 3.8) is 0 Å². The predicted octanol–water partition coefficient (Wildman–Crippen LogP) is 3.60. The summed E-state index contributed by atoms with van der Waals surface area (Å²) in [6.07, 6.45) is 0. The lowest BCUT2D eigenvalue weighted by Gasteiger charge is -2.09. The maximum atomic E-state index is 13.5. The lowest BCUT2D eigenvalue weighted by Crippen LogP contribution is -1.96. The Morgan fingerprint density at radius 2 is 1.82 bits per heavy atom. The Bertz CT molecular complexity index is 533. The Kier molecular flexibility index (Phi) is 2.95. The van der Waals surface area contributed by atoms with Crippen molar-refractivity contribution in [1.29, 1.82) is 0 Å². The molecule has 0 unspecified atom stereocenters. The first kappa shape index (κ1) is 11.4. The van der Waals surface area contributed by atoms with Crippen molar-refractivity contribution in [3.8, 4) is 0 Å². The van der Waals surface area contributed by atoms with Gasteiger partial charge in [0.25, 0.3) is 0 Å². The minimum atomic E-state index is -0.458. The van der Waals surface area contributed by atoms with Crippen LogP contribution < -0.4 is 11.1 Å². The van der Waals surface area contributed by atoms with E-state index in [9.17, 15) is 8.78 Å². The molecule has 0 aliphatic heterocycles. The Morgan fingerprint density at radius 1 is 1.06 bits per heavy atom. The number of hydrogen-bond acceptors (Lipinski definition) is 2. The molecule has 17 heavy (non-hydrogen) atoms. The van der Waals surface area contributed by atoms with Crippen LogP contribution in [0.3, 0.4) is 0 Å². The molecular formula is C13H12F2N2. The molecule has 4 heteroatoms. The second-order valence-corrected chi connectivity index (χ2v) is 3.88. The van der Waals surface area contributed by atoms with Crippen LogP contribution in [0.2, 0.25) is 0 Å². The number of nitrogens with two attached hydrogens (primary N) is 1. The average Bonchev–Trinajstić information content (AvgIpc) is 2.22. The molecule has 0 aliphatic carbocycles. The van der Waals surface area contributed by atoms with Gasteiger partial charge in [0.05, 0.1) is 5.69 Å². The summed E-state index contributed by atoms with van der Waals surface area (Å²) in [7, 11) is 0. The van der Waals surface area contributed by atoms with E-state index in [2.05, 4.69) is 5.32 Å². The van der Waals surface area contributed by atoms with Crippen LogP contribution >= 0.6 is 0 Å². The third-order valence-corrected chi connectivity index (χ3v) is 2.32. The van der Waals surface area contributed by atoms with Crippen molar-refractivity contribution in [3.05, 3.63) is 53.6 Å². The number of anilines is 3. The van der Waals surface area contributed by atoms with E-state index in [0.717, 1.165) is 5.56 Å². The van der Waals surface area contributed by atoms with Gasteiger partial charge in [-0.25, -0.2) is 8.78 Å². The summed E-state index contributed by atoms with van der Waals surface area (Å²) < 4.78 is 26.6. The van der Waals surface area contributed by atoms with Gasteiger partial charge in [-0.3, -0.25) is 0 Å². The third kappa shape index (κ3) is 2.72. The van der Waals surface area contributed by atoms with Crippen molar-refractivity contribution in [2.45, 2.75) is 6.92 Å². The van der Waals surface area contributed by atoms with Gasteiger partial charge >= 0.3 is 0 Å². The smallest absolute Gasteiger partial charge is 0.146 e. The van der Waals surface area contributed by atoms with Crippen LogP contribution in [0.1, 0.15) is 5.56 Å². The molecule has 88 valence electrons. The van der Waals surface area contributed by atoms with Crippen molar-refractivity contribution < 1.29 is 8.78 Å². The fourth-order valence-corrected chi connectivity index (χ4v) is 1.57. The molecule has 0 radical (unpaired) electrons. The minimum Gasteiger partial charge on any atom is -0.399 e. The Labute approximate surface area is 98.1 Å². The molecule has 0 spiro atoms. The fraction of sp³-hybridized carbons (Fsp3) is 0.0769. The van der Waals surface area contributed by atoms with E-state index in [0.29, 0.717) is 17.1 Å². The van der Waals surface area contributed by atoms with Crippen LogP contribution in [0.4, 0.5) is 25.8 Å². The van der Waals surface area contributed by atoms with E-state index in [4.69, 9.17) is 5.73 Å². The molecule has 2 aromatic carbocycles. The number of nitrogen functional groups attached to an aromatic ring is 1. The molecule has 0 atom stereocenters. The van der Waals surface area contributed by atoms with Gasteiger partial charge in [-0.1, -0.05) is 6.07 Å². The molecule has 3 N–H and O–H groups in total. The van der Waals surface area contributed by atoms with Gasteiger partial charge in [0.1, 0.15) is 11.6 Å². The molecule has 0 amide bonds. The quantitative estimate of drug-likeness (QED) is 0.779. The molecule has 2 rings (SSSR count). The number of hydrogen-bond donors (Lipinski definition) is 2. The highest BCUT2D eigenvalue weighted by Gasteiger charge is 2.04. The standard InChI is InChI=1S/C13H12F2N2/c1-8-2-3-12(15)13(4-8)17-11-6-9(14)5-10(16)7-11/h2-7,17H,16H2,1H3. The molecule has 0 heterocycles. The maximum absolute atomic E-state index is 13.5. The topological polar surface area (TPSA) is 38.0 Å². The van der Waals surface area contributed by atoms with Gasteiger partial charge in [-0.2, -0.15) is 0 Å². The Morgan fingerprint density at radius 3 is 2.53 bits per heavy atom. The first-order valence-corrected chi connectivity index (χ1v) is 5.14. The minimum absolute atomic E-state index is 0.292. The first-order valence-electron chi connectivity index (χ1n) is 5.14. The van der Waals surface area contributed by atoms with Gasteiger partial charge < -0.3 is 11.1 Å². The number of rotatable bonds is 2. The van der Waals surface area contributed by atoms with E-state index in [1.807, 2.05) is 6.92 Å². The van der Waals surface area contributed by atoms with Crippen LogP contribution in [-0.2, 0) is 0 Å². The van der Waals surface area contributed by atoms with Crippen molar-refractivity contribution in [2.24, 2.45) is 0 Å². The zero-order valence-electron chi connectivity index (χ0n) is 9.30. The van der Waals surface area contributed by atoms with E-state index >= 15 is 0 Å². The molecule has 2 nitrogen and oxygen atoms in total. The summed E-state index contributed by atoms with van der Waals surface area (Å²) in [5.74, 6) is -0.848. The Hall–Kier alpha value is -2.10. The predicted molar refractivity (Wildman–Crippen MR) is 65.2 cm³/mol. The van der Waals surface area contributed by atoms with Crippen LogP contribution in [0, 0.1) is 18.6 Å². The maximum Gasteiger partial charge on any atom is 0.146 e. The lowest BCUT2D eigenvalue weighted by molar-refractivity contribution is 0.627. The summed E-state index contributed by atoms with van der Waals surface area (Å²) in [6, 6.07) is 8.69. The van der Waals surface area contributed by atoms with Gasteiger partial charge in [0.15, 0.2) is 0 Å². The highest BCUT2D eigenvalue weighted by Crippen LogP contribution is 2.23. The van der Waals surface area contributed by atoms with Crippen LogP contribution in [0.5, 0.6) is 0 Å². The van der Waals surface area contributed by atoms with E-state index in [1.54, 1.807) is 18.2 Å². The normalized spacial score (nSPS) is 10.3. The van der Waals surface area contributed by atoms with Gasteiger partial charge in [-0.05, 0) is 42.8 Å². The summed E-state index contributed by atoms with van der Waals surface area (Å²) in [6.45, 7) is 1.85. The molecule has 0 saturated carbocycles. The highest BCUT2D eigenvalue weighted by molar-refractivity contribution is 5.64. The monoisotopic (exact) mass is 234 g/mol. The third-order valence-electron chi connectivity index (χ3n) is 2.32. The molecule has 0 bridgehead atoms. The molecule has 0 fully saturated rings. The summed E-state index contributed by atoms with van der Waals surface area (Å²) >= 11 is 0. The number of benzene rings is 2. The first-order chi connectivity index (χ1) is 8.04. The molecular weight excluding hydrogens is 222 g/mol. The second-order valence-electron chi connectivity index (χ2n) is 3.88. The van der Waals surface area contributed by atoms with Crippen molar-refractivity contribution >= 4 is 17.1 Å². The van der Waals surface area contributed by atoms with E-state index in [1.165, 1.54) is 18.2 Å². The summed E-state index contributed by atoms with van der Waals surface area (Å²) in [5, 5.41) is 2.80. The summed E-state index contributed by atoms with van der Waals surface area (Å²) in [4.78, 5) is 0. The van der Waals surface area contributed by atoms with Crippen molar-refractivity contribution in [2.75, 3.05) is 11.1 Å². The SMILES string of the molecule is Cc1ccc(F)c(Nc2cc(N)cc(F)c2)c1. The molecule has 0 saturated heterocycles. The summed E-state index contributed by atoms with van der Waals surface area (Å²) in [5.41, 5.74) is 7.44. The Balaban J connectivity index is 2.34. The van der Waals surface area contributed by atoms with Crippen LogP contribution in [0.25, 0.3) is 0 Å². The van der Waals surface area contributed by atoms with Gasteiger partial charge in [-0.15, -0.1) is 0 Å². The highest BCUT2D eigenvalue weighted by atomic mass is 19.1. The van der Waals surface area contributed by atoms with Crippen LogP contribution in [-0.4, -0.2) is 0 Å². The molecule has 0 aliphatic rings. The second kappa shape index (κ2) is 4.41. The van der Waals surface area contributed by atoms with E-state index < -0.39 is 11.6 Å². The van der Waals surface area contributed by atoms with Crippen LogP contribution in [0.15, 0.2) is 36.4 Å². The fourth-order valence-electron chi connectivity index (χ4n) is 1.57. The average molecular weight is 234 g/mol. The largest absolute Gasteiger partial charge is 0.399 e. The van der Waals surface area contributed by atoms with Gasteiger partial charge in [0.2, 0.25) is 0 Å². The number of nitrogens with one attached hydrogen (secondary N) is 1.